The Bertz CT molecular complexity index is 849. The molecule has 1 heterocycles. The molecule has 0 aliphatic carbocycles. The van der Waals surface area contributed by atoms with Gasteiger partial charge in [-0.2, -0.15) is 5.26 Å². The van der Waals surface area contributed by atoms with Crippen LogP contribution in [0.4, 0.5) is 0 Å². The molecule has 25 heavy (non-hydrogen) atoms. The SMILES string of the molecule is CCOC(=O)/C=C/C(CC#N)(C(=O)OC)c1nccc2ccccc12. The van der Waals surface area contributed by atoms with E-state index in [9.17, 15) is 14.9 Å². The number of esters is 2. The van der Waals surface area contributed by atoms with Crippen molar-refractivity contribution in [3.05, 3.63) is 54.4 Å². The third-order valence-electron chi connectivity index (χ3n) is 3.79. The van der Waals surface area contributed by atoms with E-state index in [4.69, 9.17) is 9.47 Å². The molecule has 128 valence electrons. The van der Waals surface area contributed by atoms with Crippen LogP contribution >= 0.6 is 0 Å². The highest BCUT2D eigenvalue weighted by molar-refractivity contribution is 5.95. The van der Waals surface area contributed by atoms with Crippen molar-refractivity contribution in [2.75, 3.05) is 13.7 Å². The van der Waals surface area contributed by atoms with Crippen molar-refractivity contribution in [1.29, 1.82) is 5.26 Å². The first-order valence-corrected chi connectivity index (χ1v) is 7.74. The van der Waals surface area contributed by atoms with Gasteiger partial charge in [0.1, 0.15) is 5.41 Å². The third kappa shape index (κ3) is 3.66. The van der Waals surface area contributed by atoms with Gasteiger partial charge in [-0.1, -0.05) is 30.3 Å². The molecule has 1 atom stereocenters. The number of aromatic nitrogens is 1. The molecular formula is C19H18N2O4. The molecule has 0 aliphatic heterocycles. The summed E-state index contributed by atoms with van der Waals surface area (Å²) in [7, 11) is 1.23. The van der Waals surface area contributed by atoms with Gasteiger partial charge in [0, 0.05) is 17.7 Å². The summed E-state index contributed by atoms with van der Waals surface area (Å²) in [5.74, 6) is -1.27. The number of methoxy groups -OCH3 is 1. The van der Waals surface area contributed by atoms with Crippen molar-refractivity contribution in [3.63, 3.8) is 0 Å². The number of ether oxygens (including phenoxy) is 2. The van der Waals surface area contributed by atoms with E-state index in [2.05, 4.69) is 4.98 Å². The van der Waals surface area contributed by atoms with Crippen LogP contribution in [-0.2, 0) is 24.5 Å². The summed E-state index contributed by atoms with van der Waals surface area (Å²) in [6.45, 7) is 1.89. The van der Waals surface area contributed by atoms with Crippen LogP contribution in [0.2, 0.25) is 0 Å². The van der Waals surface area contributed by atoms with E-state index < -0.39 is 17.4 Å². The first-order chi connectivity index (χ1) is 12.1. The zero-order chi connectivity index (χ0) is 18.3. The largest absolute Gasteiger partial charge is 0.468 e. The van der Waals surface area contributed by atoms with Gasteiger partial charge in [-0.3, -0.25) is 9.78 Å². The molecule has 0 bridgehead atoms. The number of rotatable bonds is 6. The van der Waals surface area contributed by atoms with Crippen LogP contribution in [0.3, 0.4) is 0 Å². The Labute approximate surface area is 145 Å². The van der Waals surface area contributed by atoms with Crippen LogP contribution in [0.1, 0.15) is 19.0 Å². The zero-order valence-electron chi connectivity index (χ0n) is 14.1. The van der Waals surface area contributed by atoms with E-state index in [1.165, 1.54) is 13.2 Å². The number of fused-ring (bicyclic) bond motifs is 1. The minimum absolute atomic E-state index is 0.208. The molecule has 1 aromatic carbocycles. The number of hydrogen-bond acceptors (Lipinski definition) is 6. The number of nitriles is 1. The molecular weight excluding hydrogens is 320 g/mol. The molecule has 0 spiro atoms. The summed E-state index contributed by atoms with van der Waals surface area (Å²) >= 11 is 0. The van der Waals surface area contributed by atoms with E-state index in [1.54, 1.807) is 13.1 Å². The molecule has 0 aliphatic rings. The monoisotopic (exact) mass is 338 g/mol. The summed E-state index contributed by atoms with van der Waals surface area (Å²) < 4.78 is 9.80. The van der Waals surface area contributed by atoms with E-state index in [-0.39, 0.29) is 13.0 Å². The number of hydrogen-bond donors (Lipinski definition) is 0. The summed E-state index contributed by atoms with van der Waals surface area (Å²) in [5.41, 5.74) is -1.14. The Hall–Kier alpha value is -3.20. The van der Waals surface area contributed by atoms with Crippen LogP contribution in [-0.4, -0.2) is 30.6 Å². The van der Waals surface area contributed by atoms with Crippen molar-refractivity contribution in [3.8, 4) is 6.07 Å². The number of carbonyl (C=O) groups is 2. The molecule has 1 aromatic heterocycles. The molecule has 0 saturated carbocycles. The minimum atomic E-state index is -1.50. The van der Waals surface area contributed by atoms with E-state index in [1.807, 2.05) is 36.4 Å². The predicted molar refractivity (Wildman–Crippen MR) is 91.4 cm³/mol. The highest BCUT2D eigenvalue weighted by Crippen LogP contribution is 2.34. The maximum absolute atomic E-state index is 12.6. The topological polar surface area (TPSA) is 89.3 Å². The van der Waals surface area contributed by atoms with Gasteiger partial charge in [0.2, 0.25) is 0 Å². The highest BCUT2D eigenvalue weighted by Gasteiger charge is 2.42. The Kier molecular flexibility index (Phi) is 5.85. The lowest BCUT2D eigenvalue weighted by atomic mass is 9.78. The molecule has 0 fully saturated rings. The molecule has 2 aromatic rings. The summed E-state index contributed by atoms with van der Waals surface area (Å²) in [6, 6.07) is 11.2. The molecule has 0 radical (unpaired) electrons. The molecule has 6 heteroatoms. The van der Waals surface area contributed by atoms with Gasteiger partial charge in [0.05, 0.1) is 31.9 Å². The first kappa shape index (κ1) is 18.1. The second kappa shape index (κ2) is 8.06. The minimum Gasteiger partial charge on any atom is -0.468 e. The fraction of sp³-hybridized carbons (Fsp3) is 0.263. The fourth-order valence-electron chi connectivity index (χ4n) is 2.64. The smallest absolute Gasteiger partial charge is 0.330 e. The van der Waals surface area contributed by atoms with Crippen molar-refractivity contribution in [2.24, 2.45) is 0 Å². The second-order valence-corrected chi connectivity index (χ2v) is 5.26. The van der Waals surface area contributed by atoms with Crippen LogP contribution in [0.15, 0.2) is 48.7 Å². The number of carbonyl (C=O) groups excluding carboxylic acids is 2. The lowest BCUT2D eigenvalue weighted by molar-refractivity contribution is -0.145. The fourth-order valence-corrected chi connectivity index (χ4v) is 2.64. The summed E-state index contributed by atoms with van der Waals surface area (Å²) in [4.78, 5) is 28.7. The van der Waals surface area contributed by atoms with E-state index in [0.717, 1.165) is 11.5 Å². The average molecular weight is 338 g/mol. The Balaban J connectivity index is 2.70. The average Bonchev–Trinajstić information content (AvgIpc) is 2.64. The van der Waals surface area contributed by atoms with Crippen LogP contribution in [0.25, 0.3) is 10.8 Å². The van der Waals surface area contributed by atoms with Crippen molar-refractivity contribution < 1.29 is 19.1 Å². The van der Waals surface area contributed by atoms with Gasteiger partial charge in [0.15, 0.2) is 0 Å². The van der Waals surface area contributed by atoms with Gasteiger partial charge >= 0.3 is 11.9 Å². The number of nitrogens with zero attached hydrogens (tertiary/aromatic N) is 2. The normalized spacial score (nSPS) is 13.2. The van der Waals surface area contributed by atoms with Crippen LogP contribution < -0.4 is 0 Å². The lowest BCUT2D eigenvalue weighted by Gasteiger charge is -2.25. The Morgan fingerprint density at radius 1 is 1.32 bits per heavy atom. The van der Waals surface area contributed by atoms with Crippen molar-refractivity contribution >= 4 is 22.7 Å². The predicted octanol–water partition coefficient (Wildman–Crippen LogP) is 2.68. The van der Waals surface area contributed by atoms with Gasteiger partial charge in [-0.25, -0.2) is 4.79 Å². The Morgan fingerprint density at radius 2 is 2.08 bits per heavy atom. The van der Waals surface area contributed by atoms with Crippen molar-refractivity contribution in [2.45, 2.75) is 18.8 Å². The van der Waals surface area contributed by atoms with Crippen molar-refractivity contribution in [1.82, 2.24) is 4.98 Å². The molecule has 0 amide bonds. The van der Waals surface area contributed by atoms with Crippen LogP contribution in [0.5, 0.6) is 0 Å². The molecule has 2 rings (SSSR count). The molecule has 0 N–H and O–H groups in total. The molecule has 6 nitrogen and oxygen atoms in total. The highest BCUT2D eigenvalue weighted by atomic mass is 16.5. The van der Waals surface area contributed by atoms with Gasteiger partial charge in [0.25, 0.3) is 0 Å². The standard InChI is InChI=1S/C19H18N2O4/c1-3-25-16(22)8-10-19(11-12-20,18(23)24-2)17-15-7-5-4-6-14(15)9-13-21-17/h4-10,13H,3,11H2,1-2H3/b10-8+. The van der Waals surface area contributed by atoms with E-state index in [0.29, 0.717) is 11.1 Å². The lowest BCUT2D eigenvalue weighted by Crippen LogP contribution is -2.36. The summed E-state index contributed by atoms with van der Waals surface area (Å²) in [5, 5.41) is 10.9. The number of benzene rings is 1. The maximum Gasteiger partial charge on any atom is 0.330 e. The number of pyridine rings is 1. The van der Waals surface area contributed by atoms with Crippen LogP contribution in [0, 0.1) is 11.3 Å². The maximum atomic E-state index is 12.6. The molecule has 1 unspecified atom stereocenters. The van der Waals surface area contributed by atoms with Gasteiger partial charge in [-0.15, -0.1) is 0 Å². The Morgan fingerprint density at radius 3 is 2.76 bits per heavy atom. The van der Waals surface area contributed by atoms with E-state index >= 15 is 0 Å². The molecule has 0 saturated heterocycles. The first-order valence-electron chi connectivity index (χ1n) is 7.74. The zero-order valence-corrected chi connectivity index (χ0v) is 14.1. The third-order valence-corrected chi connectivity index (χ3v) is 3.79. The van der Waals surface area contributed by atoms with Gasteiger partial charge in [-0.05, 0) is 18.4 Å². The second-order valence-electron chi connectivity index (χ2n) is 5.26. The van der Waals surface area contributed by atoms with Gasteiger partial charge < -0.3 is 9.47 Å². The summed E-state index contributed by atoms with van der Waals surface area (Å²) in [6.07, 6.45) is 3.82. The quantitative estimate of drug-likeness (QED) is 0.594.